The molecule has 0 fully saturated rings. The second kappa shape index (κ2) is 4.71. The van der Waals surface area contributed by atoms with Gasteiger partial charge in [-0.05, 0) is 32.9 Å². The maximum Gasteiger partial charge on any atom is 0.169 e. The van der Waals surface area contributed by atoms with Crippen LogP contribution in [0.15, 0.2) is 28.7 Å². The van der Waals surface area contributed by atoms with Crippen molar-refractivity contribution in [3.8, 4) is 0 Å². The van der Waals surface area contributed by atoms with Gasteiger partial charge in [0.2, 0.25) is 0 Å². The van der Waals surface area contributed by atoms with Crippen molar-refractivity contribution in [1.29, 1.82) is 0 Å². The van der Waals surface area contributed by atoms with Crippen molar-refractivity contribution in [1.82, 2.24) is 0 Å². The van der Waals surface area contributed by atoms with Gasteiger partial charge in [0.1, 0.15) is 5.76 Å². The van der Waals surface area contributed by atoms with Gasteiger partial charge in [0.05, 0.1) is 18.2 Å². The fourth-order valence-corrected chi connectivity index (χ4v) is 1.65. The third kappa shape index (κ3) is 2.89. The SMILES string of the molecule is CC(C)(C)OCC(N)c1cc2cccc(F)c2o1. The zero-order chi connectivity index (χ0) is 13.3. The number of nitrogens with two attached hydrogens (primary N) is 1. The van der Waals surface area contributed by atoms with Gasteiger partial charge in [0.15, 0.2) is 11.4 Å². The van der Waals surface area contributed by atoms with Crippen LogP contribution in [-0.2, 0) is 4.74 Å². The monoisotopic (exact) mass is 251 g/mol. The van der Waals surface area contributed by atoms with Crippen molar-refractivity contribution >= 4 is 11.0 Å². The lowest BCUT2D eigenvalue weighted by Gasteiger charge is -2.21. The van der Waals surface area contributed by atoms with E-state index >= 15 is 0 Å². The molecule has 18 heavy (non-hydrogen) atoms. The summed E-state index contributed by atoms with van der Waals surface area (Å²) < 4.78 is 24.5. The van der Waals surface area contributed by atoms with E-state index < -0.39 is 6.04 Å². The summed E-state index contributed by atoms with van der Waals surface area (Å²) in [6.07, 6.45) is 0. The van der Waals surface area contributed by atoms with Gasteiger partial charge >= 0.3 is 0 Å². The molecule has 0 amide bonds. The first-order valence-electron chi connectivity index (χ1n) is 5.94. The molecule has 2 aromatic rings. The van der Waals surface area contributed by atoms with Crippen molar-refractivity contribution in [3.63, 3.8) is 0 Å². The Balaban J connectivity index is 2.18. The topological polar surface area (TPSA) is 48.4 Å². The van der Waals surface area contributed by atoms with Gasteiger partial charge in [0.25, 0.3) is 0 Å². The van der Waals surface area contributed by atoms with Crippen LogP contribution in [0.25, 0.3) is 11.0 Å². The van der Waals surface area contributed by atoms with E-state index in [4.69, 9.17) is 14.9 Å². The largest absolute Gasteiger partial charge is 0.456 e. The first-order valence-corrected chi connectivity index (χ1v) is 5.94. The zero-order valence-corrected chi connectivity index (χ0v) is 10.9. The number of hydrogen-bond acceptors (Lipinski definition) is 3. The zero-order valence-electron chi connectivity index (χ0n) is 10.9. The fourth-order valence-electron chi connectivity index (χ4n) is 1.65. The molecule has 1 heterocycles. The van der Waals surface area contributed by atoms with Gasteiger partial charge in [-0.2, -0.15) is 0 Å². The van der Waals surface area contributed by atoms with Crippen LogP contribution in [0.1, 0.15) is 32.6 Å². The first kappa shape index (κ1) is 13.1. The van der Waals surface area contributed by atoms with Crippen LogP contribution < -0.4 is 5.73 Å². The van der Waals surface area contributed by atoms with E-state index in [2.05, 4.69) is 0 Å². The third-order valence-electron chi connectivity index (χ3n) is 2.58. The van der Waals surface area contributed by atoms with Crippen molar-refractivity contribution in [3.05, 3.63) is 35.8 Å². The minimum atomic E-state index is -0.393. The van der Waals surface area contributed by atoms with E-state index in [1.165, 1.54) is 6.07 Å². The van der Waals surface area contributed by atoms with E-state index in [1.807, 2.05) is 20.8 Å². The Morgan fingerprint density at radius 1 is 1.39 bits per heavy atom. The van der Waals surface area contributed by atoms with E-state index in [9.17, 15) is 4.39 Å². The quantitative estimate of drug-likeness (QED) is 0.909. The molecule has 1 unspecified atom stereocenters. The lowest BCUT2D eigenvalue weighted by Crippen LogP contribution is -2.26. The minimum Gasteiger partial charge on any atom is -0.456 e. The summed E-state index contributed by atoms with van der Waals surface area (Å²) >= 11 is 0. The maximum absolute atomic E-state index is 13.5. The Kier molecular flexibility index (Phi) is 3.41. The number of halogens is 1. The number of para-hydroxylation sites is 1. The van der Waals surface area contributed by atoms with Crippen LogP contribution in [0.4, 0.5) is 4.39 Å². The molecule has 0 bridgehead atoms. The highest BCUT2D eigenvalue weighted by Gasteiger charge is 2.17. The van der Waals surface area contributed by atoms with Crippen LogP contribution in [0.3, 0.4) is 0 Å². The molecule has 2 rings (SSSR count). The Labute approximate surface area is 106 Å². The van der Waals surface area contributed by atoms with E-state index in [0.29, 0.717) is 12.4 Å². The molecule has 0 aliphatic carbocycles. The second-order valence-electron chi connectivity index (χ2n) is 5.34. The normalized spacial score (nSPS) is 14.1. The first-order chi connectivity index (χ1) is 8.37. The Hall–Kier alpha value is -1.39. The van der Waals surface area contributed by atoms with Gasteiger partial charge in [0, 0.05) is 5.39 Å². The molecule has 1 atom stereocenters. The number of furan rings is 1. The second-order valence-corrected chi connectivity index (χ2v) is 5.34. The van der Waals surface area contributed by atoms with E-state index in [1.54, 1.807) is 18.2 Å². The van der Waals surface area contributed by atoms with Crippen LogP contribution in [-0.4, -0.2) is 12.2 Å². The minimum absolute atomic E-state index is 0.249. The van der Waals surface area contributed by atoms with Crippen molar-refractivity contribution in [2.24, 2.45) is 5.73 Å². The lowest BCUT2D eigenvalue weighted by atomic mass is 10.2. The van der Waals surface area contributed by atoms with Crippen LogP contribution >= 0.6 is 0 Å². The van der Waals surface area contributed by atoms with Crippen LogP contribution in [0.5, 0.6) is 0 Å². The van der Waals surface area contributed by atoms with Crippen molar-refractivity contribution in [2.45, 2.75) is 32.4 Å². The number of rotatable bonds is 3. The molecule has 0 saturated heterocycles. The van der Waals surface area contributed by atoms with Gasteiger partial charge in [-0.3, -0.25) is 0 Å². The Morgan fingerprint density at radius 3 is 2.72 bits per heavy atom. The Morgan fingerprint density at radius 2 is 2.11 bits per heavy atom. The predicted molar refractivity (Wildman–Crippen MR) is 68.8 cm³/mol. The highest BCUT2D eigenvalue weighted by Crippen LogP contribution is 2.25. The van der Waals surface area contributed by atoms with E-state index in [-0.39, 0.29) is 17.0 Å². The highest BCUT2D eigenvalue weighted by atomic mass is 19.1. The Bertz CT molecular complexity index is 542. The summed E-state index contributed by atoms with van der Waals surface area (Å²) in [4.78, 5) is 0. The third-order valence-corrected chi connectivity index (χ3v) is 2.58. The van der Waals surface area contributed by atoms with E-state index in [0.717, 1.165) is 5.39 Å². The van der Waals surface area contributed by atoms with Crippen molar-refractivity contribution in [2.75, 3.05) is 6.61 Å². The summed E-state index contributed by atoms with van der Waals surface area (Å²) in [6.45, 7) is 6.21. The molecule has 1 aromatic heterocycles. The molecule has 0 saturated carbocycles. The number of hydrogen-bond donors (Lipinski definition) is 1. The molecule has 0 radical (unpaired) electrons. The lowest BCUT2D eigenvalue weighted by molar-refractivity contribution is -0.0122. The number of benzene rings is 1. The highest BCUT2D eigenvalue weighted by molar-refractivity contribution is 5.78. The van der Waals surface area contributed by atoms with Crippen molar-refractivity contribution < 1.29 is 13.5 Å². The van der Waals surface area contributed by atoms with Crippen LogP contribution in [0.2, 0.25) is 0 Å². The molecule has 3 nitrogen and oxygen atoms in total. The summed E-state index contributed by atoms with van der Waals surface area (Å²) in [6, 6.07) is 6.18. The number of fused-ring (bicyclic) bond motifs is 1. The van der Waals surface area contributed by atoms with Gasteiger partial charge in [-0.15, -0.1) is 0 Å². The van der Waals surface area contributed by atoms with Crippen LogP contribution in [0, 0.1) is 5.82 Å². The fraction of sp³-hybridized carbons (Fsp3) is 0.429. The van der Waals surface area contributed by atoms with Gasteiger partial charge in [-0.1, -0.05) is 12.1 Å². The molecule has 98 valence electrons. The molecule has 0 aliphatic rings. The molecule has 0 aliphatic heterocycles. The smallest absolute Gasteiger partial charge is 0.169 e. The average Bonchev–Trinajstić information content (AvgIpc) is 2.70. The molecular formula is C14H18FNO2. The summed E-state index contributed by atoms with van der Waals surface area (Å²) in [7, 11) is 0. The number of ether oxygens (including phenoxy) is 1. The van der Waals surface area contributed by atoms with Gasteiger partial charge < -0.3 is 14.9 Å². The summed E-state index contributed by atoms with van der Waals surface area (Å²) in [5.41, 5.74) is 5.97. The average molecular weight is 251 g/mol. The standard InChI is InChI=1S/C14H18FNO2/c1-14(2,3)17-8-11(16)12-7-9-5-4-6-10(15)13(9)18-12/h4-7,11H,8,16H2,1-3H3. The summed E-state index contributed by atoms with van der Waals surface area (Å²) in [5.74, 6) is 0.169. The predicted octanol–water partition coefficient (Wildman–Crippen LogP) is 3.39. The molecule has 4 heteroatoms. The van der Waals surface area contributed by atoms with Gasteiger partial charge in [-0.25, -0.2) is 4.39 Å². The molecular weight excluding hydrogens is 233 g/mol. The summed E-state index contributed by atoms with van der Waals surface area (Å²) in [5, 5.41) is 0.719. The molecule has 2 N–H and O–H groups in total. The maximum atomic E-state index is 13.5. The molecule has 1 aromatic carbocycles. The molecule has 0 spiro atoms.